The number of carboxylic acid groups (broad SMARTS) is 1. The maximum atomic E-state index is 10.5. The summed E-state index contributed by atoms with van der Waals surface area (Å²) in [5.41, 5.74) is 2.50. The van der Waals surface area contributed by atoms with E-state index in [4.69, 9.17) is 5.11 Å². The van der Waals surface area contributed by atoms with E-state index < -0.39 is 5.97 Å². The summed E-state index contributed by atoms with van der Waals surface area (Å²) in [5, 5.41) is 12.0. The maximum absolute atomic E-state index is 10.5. The molecule has 0 radical (unpaired) electrons. The van der Waals surface area contributed by atoms with E-state index in [9.17, 15) is 4.79 Å². The Morgan fingerprint density at radius 1 is 1.47 bits per heavy atom. The number of anilines is 1. The predicted octanol–water partition coefficient (Wildman–Crippen LogP) is 2.28. The Morgan fingerprint density at radius 2 is 2.27 bits per heavy atom. The zero-order chi connectivity index (χ0) is 10.7. The van der Waals surface area contributed by atoms with Gasteiger partial charge in [-0.3, -0.25) is 4.79 Å². The van der Waals surface area contributed by atoms with Crippen molar-refractivity contribution < 1.29 is 9.90 Å². The van der Waals surface area contributed by atoms with Crippen LogP contribution in [-0.2, 0) is 11.2 Å². The molecule has 1 aromatic carbocycles. The lowest BCUT2D eigenvalue weighted by Crippen LogP contribution is -2.26. The summed E-state index contributed by atoms with van der Waals surface area (Å²) in [5.74, 6) is -0.712. The Bertz CT molecular complexity index is 362. The summed E-state index contributed by atoms with van der Waals surface area (Å²) in [6.07, 6.45) is 3.04. The number of benzene rings is 1. The third-order valence-electron chi connectivity index (χ3n) is 2.85. The minimum Gasteiger partial charge on any atom is -0.481 e. The Kier molecular flexibility index (Phi) is 2.90. The first-order chi connectivity index (χ1) is 7.25. The van der Waals surface area contributed by atoms with E-state index in [0.29, 0.717) is 12.5 Å². The molecule has 1 aromatic rings. The van der Waals surface area contributed by atoms with Crippen LogP contribution in [0.15, 0.2) is 24.3 Å². The van der Waals surface area contributed by atoms with Crippen molar-refractivity contribution in [2.45, 2.75) is 31.7 Å². The average Bonchev–Trinajstić information content (AvgIpc) is 2.26. The summed E-state index contributed by atoms with van der Waals surface area (Å²) in [6.45, 7) is 0. The van der Waals surface area contributed by atoms with Gasteiger partial charge in [-0.25, -0.2) is 0 Å². The first-order valence-corrected chi connectivity index (χ1v) is 5.32. The number of fused-ring (bicyclic) bond motifs is 1. The molecule has 0 saturated heterocycles. The second-order valence-corrected chi connectivity index (χ2v) is 3.97. The van der Waals surface area contributed by atoms with Crippen LogP contribution in [0.1, 0.15) is 24.8 Å². The summed E-state index contributed by atoms with van der Waals surface area (Å²) >= 11 is 0. The summed E-state index contributed by atoms with van der Waals surface area (Å²) in [7, 11) is 0. The monoisotopic (exact) mass is 205 g/mol. The third-order valence-corrected chi connectivity index (χ3v) is 2.85. The number of hydrogen-bond acceptors (Lipinski definition) is 2. The van der Waals surface area contributed by atoms with Gasteiger partial charge < -0.3 is 10.4 Å². The molecule has 15 heavy (non-hydrogen) atoms. The maximum Gasteiger partial charge on any atom is 0.303 e. The van der Waals surface area contributed by atoms with Crippen molar-refractivity contribution in [2.24, 2.45) is 0 Å². The van der Waals surface area contributed by atoms with Crippen LogP contribution < -0.4 is 5.32 Å². The number of para-hydroxylation sites is 1. The van der Waals surface area contributed by atoms with Crippen molar-refractivity contribution >= 4 is 11.7 Å². The molecule has 0 bridgehead atoms. The summed E-state index contributed by atoms with van der Waals surface area (Å²) in [4.78, 5) is 10.5. The van der Waals surface area contributed by atoms with Crippen LogP contribution in [0, 0.1) is 0 Å². The average molecular weight is 205 g/mol. The van der Waals surface area contributed by atoms with Crippen molar-refractivity contribution in [2.75, 3.05) is 5.32 Å². The second-order valence-electron chi connectivity index (χ2n) is 3.97. The van der Waals surface area contributed by atoms with E-state index in [2.05, 4.69) is 17.4 Å². The van der Waals surface area contributed by atoms with Crippen LogP contribution in [-0.4, -0.2) is 17.1 Å². The number of hydrogen-bond donors (Lipinski definition) is 2. The van der Waals surface area contributed by atoms with Gasteiger partial charge in [0, 0.05) is 18.2 Å². The molecular formula is C12H15NO2. The van der Waals surface area contributed by atoms with Crippen LogP contribution in [0.3, 0.4) is 0 Å². The van der Waals surface area contributed by atoms with Gasteiger partial charge >= 0.3 is 5.97 Å². The molecular weight excluding hydrogens is 190 g/mol. The molecule has 3 heteroatoms. The van der Waals surface area contributed by atoms with Crippen LogP contribution in [0.4, 0.5) is 5.69 Å². The molecule has 0 aliphatic carbocycles. The topological polar surface area (TPSA) is 49.3 Å². The number of carboxylic acids is 1. The van der Waals surface area contributed by atoms with Crippen LogP contribution in [0.5, 0.6) is 0 Å². The smallest absolute Gasteiger partial charge is 0.303 e. The highest BCUT2D eigenvalue weighted by Gasteiger charge is 2.17. The molecule has 1 atom stereocenters. The summed E-state index contributed by atoms with van der Waals surface area (Å²) < 4.78 is 0. The molecule has 0 unspecified atom stereocenters. The molecule has 0 spiro atoms. The molecule has 2 rings (SSSR count). The van der Waals surface area contributed by atoms with Gasteiger partial charge in [0.15, 0.2) is 0 Å². The lowest BCUT2D eigenvalue weighted by atomic mass is 9.95. The molecule has 0 fully saturated rings. The van der Waals surface area contributed by atoms with Crippen molar-refractivity contribution in [3.05, 3.63) is 29.8 Å². The molecule has 0 aromatic heterocycles. The van der Waals surface area contributed by atoms with Gasteiger partial charge in [0.1, 0.15) is 0 Å². The van der Waals surface area contributed by atoms with Crippen LogP contribution >= 0.6 is 0 Å². The van der Waals surface area contributed by atoms with Gasteiger partial charge in [-0.15, -0.1) is 0 Å². The Morgan fingerprint density at radius 3 is 3.07 bits per heavy atom. The van der Waals surface area contributed by atoms with Crippen LogP contribution in [0.25, 0.3) is 0 Å². The molecule has 0 saturated carbocycles. The number of aliphatic carboxylic acids is 1. The second kappa shape index (κ2) is 4.34. The highest BCUT2D eigenvalue weighted by molar-refractivity contribution is 5.66. The highest BCUT2D eigenvalue weighted by atomic mass is 16.4. The number of rotatable bonds is 3. The van der Waals surface area contributed by atoms with Crippen molar-refractivity contribution in [3.8, 4) is 0 Å². The fraction of sp³-hybridized carbons (Fsp3) is 0.417. The molecule has 0 amide bonds. The van der Waals surface area contributed by atoms with Crippen molar-refractivity contribution in [3.63, 3.8) is 0 Å². The first kappa shape index (κ1) is 10.0. The number of aryl methyl sites for hydroxylation is 1. The minimum absolute atomic E-state index is 0.250. The Hall–Kier alpha value is -1.51. The summed E-state index contributed by atoms with van der Waals surface area (Å²) in [6, 6.07) is 8.54. The fourth-order valence-corrected chi connectivity index (χ4v) is 2.02. The Balaban J connectivity index is 1.96. The van der Waals surface area contributed by atoms with Gasteiger partial charge in [0.05, 0.1) is 0 Å². The van der Waals surface area contributed by atoms with Gasteiger partial charge in [0.2, 0.25) is 0 Å². The standard InChI is InChI=1S/C12H15NO2/c14-12(15)8-7-10-6-5-9-3-1-2-4-11(9)13-10/h1-4,10,13H,5-8H2,(H,14,15)/t10-/m1/s1. The van der Waals surface area contributed by atoms with Gasteiger partial charge in [-0.05, 0) is 30.9 Å². The van der Waals surface area contributed by atoms with Gasteiger partial charge in [0.25, 0.3) is 0 Å². The molecule has 3 nitrogen and oxygen atoms in total. The molecule has 1 heterocycles. The van der Waals surface area contributed by atoms with E-state index in [-0.39, 0.29) is 6.42 Å². The SMILES string of the molecule is O=C(O)CC[C@H]1CCc2ccccc2N1. The molecule has 1 aliphatic rings. The number of nitrogens with one attached hydrogen (secondary N) is 1. The zero-order valence-electron chi connectivity index (χ0n) is 8.57. The normalized spacial score (nSPS) is 19.1. The van der Waals surface area contributed by atoms with Crippen LogP contribution in [0.2, 0.25) is 0 Å². The van der Waals surface area contributed by atoms with E-state index in [1.165, 1.54) is 11.3 Å². The lowest BCUT2D eigenvalue weighted by molar-refractivity contribution is -0.137. The first-order valence-electron chi connectivity index (χ1n) is 5.32. The van der Waals surface area contributed by atoms with E-state index in [0.717, 1.165) is 12.8 Å². The van der Waals surface area contributed by atoms with E-state index in [1.54, 1.807) is 0 Å². The molecule has 1 aliphatic heterocycles. The lowest BCUT2D eigenvalue weighted by Gasteiger charge is -2.26. The zero-order valence-corrected chi connectivity index (χ0v) is 8.57. The highest BCUT2D eigenvalue weighted by Crippen LogP contribution is 2.25. The largest absolute Gasteiger partial charge is 0.481 e. The van der Waals surface area contributed by atoms with Gasteiger partial charge in [-0.1, -0.05) is 18.2 Å². The van der Waals surface area contributed by atoms with Crippen molar-refractivity contribution in [1.29, 1.82) is 0 Å². The van der Waals surface area contributed by atoms with Crippen molar-refractivity contribution in [1.82, 2.24) is 0 Å². The third kappa shape index (κ3) is 2.49. The van der Waals surface area contributed by atoms with E-state index in [1.807, 2.05) is 12.1 Å². The molecule has 80 valence electrons. The number of carbonyl (C=O) groups is 1. The Labute approximate surface area is 89.1 Å². The quantitative estimate of drug-likeness (QED) is 0.795. The minimum atomic E-state index is -0.712. The van der Waals surface area contributed by atoms with Gasteiger partial charge in [-0.2, -0.15) is 0 Å². The van der Waals surface area contributed by atoms with E-state index >= 15 is 0 Å². The fourth-order valence-electron chi connectivity index (χ4n) is 2.02. The predicted molar refractivity (Wildman–Crippen MR) is 59.0 cm³/mol. The molecule has 2 N–H and O–H groups in total.